The highest BCUT2D eigenvalue weighted by molar-refractivity contribution is 7.53. The number of hydrogen-bond donors (Lipinski definition) is 0. The van der Waals surface area contributed by atoms with Gasteiger partial charge < -0.3 is 23.3 Å². The molecule has 1 aromatic carbocycles. The predicted octanol–water partition coefficient (Wildman–Crippen LogP) is 3.50. The van der Waals surface area contributed by atoms with Crippen molar-refractivity contribution >= 4 is 7.60 Å². The van der Waals surface area contributed by atoms with E-state index in [1.165, 1.54) is 0 Å². The number of benzene rings is 1. The first-order chi connectivity index (χ1) is 11.7. The molecule has 0 aliphatic rings. The van der Waals surface area contributed by atoms with Gasteiger partial charge in [0.15, 0.2) is 0 Å². The third-order valence-electron chi connectivity index (χ3n) is 3.02. The highest BCUT2D eigenvalue weighted by Crippen LogP contribution is 2.47. The molecule has 0 radical (unpaired) electrons. The van der Waals surface area contributed by atoms with Gasteiger partial charge in [0.05, 0.1) is 59.0 Å². The third-order valence-corrected chi connectivity index (χ3v) is 5.05. The lowest BCUT2D eigenvalue weighted by molar-refractivity contribution is 0.0125. The molecule has 0 amide bonds. The van der Waals surface area contributed by atoms with E-state index in [1.54, 1.807) is 13.8 Å². The average Bonchev–Trinajstić information content (AvgIpc) is 2.58. The highest BCUT2D eigenvalue weighted by Gasteiger charge is 2.22. The minimum Gasteiger partial charge on any atom is -0.378 e. The second-order valence-electron chi connectivity index (χ2n) is 4.93. The molecule has 0 heterocycles. The van der Waals surface area contributed by atoms with E-state index in [1.807, 2.05) is 30.3 Å². The Morgan fingerprint density at radius 3 is 1.92 bits per heavy atom. The van der Waals surface area contributed by atoms with Crippen LogP contribution >= 0.6 is 7.60 Å². The van der Waals surface area contributed by atoms with Gasteiger partial charge in [0.1, 0.15) is 0 Å². The molecule has 0 saturated carbocycles. The molecule has 0 aliphatic heterocycles. The molecular weight excluding hydrogens is 331 g/mol. The van der Waals surface area contributed by atoms with Crippen molar-refractivity contribution in [3.63, 3.8) is 0 Å². The van der Waals surface area contributed by atoms with Crippen LogP contribution in [0.1, 0.15) is 19.4 Å². The second-order valence-corrected chi connectivity index (χ2v) is 7.12. The van der Waals surface area contributed by atoms with Gasteiger partial charge in [-0.05, 0) is 19.4 Å². The molecule has 0 unspecified atom stereocenters. The zero-order valence-corrected chi connectivity index (χ0v) is 15.5. The minimum absolute atomic E-state index is 0.259. The van der Waals surface area contributed by atoms with Gasteiger partial charge in [-0.2, -0.15) is 0 Å². The summed E-state index contributed by atoms with van der Waals surface area (Å²) in [5.74, 6) is 0. The molecule has 0 saturated heterocycles. The van der Waals surface area contributed by atoms with Crippen LogP contribution in [-0.4, -0.2) is 52.4 Å². The van der Waals surface area contributed by atoms with E-state index in [9.17, 15) is 4.57 Å². The van der Waals surface area contributed by atoms with Crippen molar-refractivity contribution in [2.75, 3.05) is 52.4 Å². The molecule has 6 nitrogen and oxygen atoms in total. The Labute approximate surface area is 144 Å². The normalized spacial score (nSPS) is 11.8. The zero-order valence-electron chi connectivity index (χ0n) is 14.6. The molecular formula is C17H29O6P. The van der Waals surface area contributed by atoms with Crippen LogP contribution in [0.25, 0.3) is 0 Å². The first-order valence-corrected chi connectivity index (χ1v) is 10.1. The quantitative estimate of drug-likeness (QED) is 0.352. The van der Waals surface area contributed by atoms with Crippen LogP contribution in [0.4, 0.5) is 0 Å². The van der Waals surface area contributed by atoms with Gasteiger partial charge in [-0.25, -0.2) is 0 Å². The van der Waals surface area contributed by atoms with Crippen molar-refractivity contribution in [3.8, 4) is 0 Å². The van der Waals surface area contributed by atoms with Crippen LogP contribution in [0.3, 0.4) is 0 Å². The molecule has 24 heavy (non-hydrogen) atoms. The maximum Gasteiger partial charge on any atom is 0.332 e. The Balaban J connectivity index is 1.94. The lowest BCUT2D eigenvalue weighted by Gasteiger charge is -2.16. The first-order valence-electron chi connectivity index (χ1n) is 8.35. The SMILES string of the molecule is CCOP(=O)(CCOCCOCCOCc1ccccc1)OCC. The van der Waals surface area contributed by atoms with Gasteiger partial charge in [0.2, 0.25) is 0 Å². The van der Waals surface area contributed by atoms with Gasteiger partial charge in [0, 0.05) is 0 Å². The molecule has 0 aliphatic carbocycles. The number of ether oxygens (including phenoxy) is 3. The van der Waals surface area contributed by atoms with E-state index in [4.69, 9.17) is 23.3 Å². The summed E-state index contributed by atoms with van der Waals surface area (Å²) in [5, 5.41) is 0. The largest absolute Gasteiger partial charge is 0.378 e. The fraction of sp³-hybridized carbons (Fsp3) is 0.647. The summed E-state index contributed by atoms with van der Waals surface area (Å²) in [6, 6.07) is 10.0. The monoisotopic (exact) mass is 360 g/mol. The van der Waals surface area contributed by atoms with E-state index >= 15 is 0 Å². The summed E-state index contributed by atoms with van der Waals surface area (Å²) >= 11 is 0. The fourth-order valence-electron chi connectivity index (χ4n) is 1.94. The molecule has 7 heteroatoms. The van der Waals surface area contributed by atoms with Crippen molar-refractivity contribution in [2.24, 2.45) is 0 Å². The number of hydrogen-bond acceptors (Lipinski definition) is 6. The lowest BCUT2D eigenvalue weighted by Crippen LogP contribution is -2.12. The summed E-state index contributed by atoms with van der Waals surface area (Å²) in [6.07, 6.45) is 0.259. The van der Waals surface area contributed by atoms with Crippen LogP contribution in [0.5, 0.6) is 0 Å². The fourth-order valence-corrected chi connectivity index (χ4v) is 3.41. The lowest BCUT2D eigenvalue weighted by atomic mass is 10.2. The smallest absolute Gasteiger partial charge is 0.332 e. The maximum atomic E-state index is 12.2. The van der Waals surface area contributed by atoms with Crippen LogP contribution < -0.4 is 0 Å². The van der Waals surface area contributed by atoms with E-state index in [0.29, 0.717) is 52.9 Å². The predicted molar refractivity (Wildman–Crippen MR) is 93.5 cm³/mol. The summed E-state index contributed by atoms with van der Waals surface area (Å²) in [7, 11) is -3.00. The second kappa shape index (κ2) is 13.5. The Kier molecular flexibility index (Phi) is 12.0. The van der Waals surface area contributed by atoms with Gasteiger partial charge in [-0.1, -0.05) is 30.3 Å². The Morgan fingerprint density at radius 2 is 1.33 bits per heavy atom. The molecule has 1 aromatic rings. The van der Waals surface area contributed by atoms with E-state index < -0.39 is 7.60 Å². The summed E-state index contributed by atoms with van der Waals surface area (Å²) in [5.41, 5.74) is 1.15. The van der Waals surface area contributed by atoms with Gasteiger partial charge in [-0.15, -0.1) is 0 Å². The highest BCUT2D eigenvalue weighted by atomic mass is 31.2. The maximum absolute atomic E-state index is 12.2. The molecule has 0 aromatic heterocycles. The molecule has 1 rings (SSSR count). The molecule has 0 bridgehead atoms. The average molecular weight is 360 g/mol. The summed E-state index contributed by atoms with van der Waals surface area (Å²) in [6.45, 7) is 7.20. The topological polar surface area (TPSA) is 63.2 Å². The van der Waals surface area contributed by atoms with E-state index in [2.05, 4.69) is 0 Å². The van der Waals surface area contributed by atoms with Gasteiger partial charge in [-0.3, -0.25) is 4.57 Å². The molecule has 0 atom stereocenters. The molecule has 0 fully saturated rings. The summed E-state index contributed by atoms with van der Waals surface area (Å²) in [4.78, 5) is 0. The van der Waals surface area contributed by atoms with E-state index in [-0.39, 0.29) is 6.16 Å². The van der Waals surface area contributed by atoms with Crippen molar-refractivity contribution in [1.82, 2.24) is 0 Å². The van der Waals surface area contributed by atoms with Crippen LogP contribution in [0.2, 0.25) is 0 Å². The van der Waals surface area contributed by atoms with Crippen LogP contribution in [0, 0.1) is 0 Å². The standard InChI is InChI=1S/C17H29O6P/c1-3-22-24(18,23-4-2)15-14-20-11-10-19-12-13-21-16-17-8-6-5-7-9-17/h5-9H,3-4,10-16H2,1-2H3. The zero-order chi connectivity index (χ0) is 17.5. The molecule has 0 spiro atoms. The first kappa shape index (κ1) is 21.3. The van der Waals surface area contributed by atoms with Crippen molar-refractivity contribution in [1.29, 1.82) is 0 Å². The minimum atomic E-state index is -3.00. The third kappa shape index (κ3) is 10.2. The van der Waals surface area contributed by atoms with Crippen molar-refractivity contribution in [2.45, 2.75) is 20.5 Å². The summed E-state index contributed by atoms with van der Waals surface area (Å²) < 4.78 is 38.9. The van der Waals surface area contributed by atoms with Crippen LogP contribution in [0.15, 0.2) is 30.3 Å². The van der Waals surface area contributed by atoms with Gasteiger partial charge in [0.25, 0.3) is 0 Å². The number of rotatable bonds is 15. The Bertz CT molecular complexity index is 444. The van der Waals surface area contributed by atoms with Crippen molar-refractivity contribution < 1.29 is 27.8 Å². The van der Waals surface area contributed by atoms with Crippen LogP contribution in [-0.2, 0) is 34.4 Å². The van der Waals surface area contributed by atoms with E-state index in [0.717, 1.165) is 5.56 Å². The van der Waals surface area contributed by atoms with Gasteiger partial charge >= 0.3 is 7.60 Å². The van der Waals surface area contributed by atoms with Crippen molar-refractivity contribution in [3.05, 3.63) is 35.9 Å². The molecule has 0 N–H and O–H groups in total. The Hall–Kier alpha value is -0.750. The molecule has 138 valence electrons. The Morgan fingerprint density at radius 1 is 0.792 bits per heavy atom.